The van der Waals surface area contributed by atoms with Gasteiger partial charge in [-0.1, -0.05) is 6.07 Å². The number of carbonyl (C=O) groups is 2. The third kappa shape index (κ3) is 6.57. The van der Waals surface area contributed by atoms with E-state index in [-0.39, 0.29) is 17.9 Å². The van der Waals surface area contributed by atoms with E-state index in [2.05, 4.69) is 0 Å². The standard InChI is InChI=1S/C9H11NO4.C3H7NO2/c10-6(9(13)14)3-5-1-2-7(11)8(12)4-5;1-2(4)3(5)6/h1-2,4,6,11-12H,3,10H2,(H,13,14);2H,4H2,1H3,(H,5,6). The molecule has 0 fully saturated rings. The molecule has 8 N–H and O–H groups in total. The summed E-state index contributed by atoms with van der Waals surface area (Å²) in [5.74, 6) is -2.58. The molecule has 2 atom stereocenters. The maximum atomic E-state index is 10.4. The first-order valence-electron chi connectivity index (χ1n) is 5.62. The summed E-state index contributed by atoms with van der Waals surface area (Å²) in [6.45, 7) is 1.42. The summed E-state index contributed by atoms with van der Waals surface area (Å²) >= 11 is 0. The molecule has 0 spiro atoms. The molecule has 0 radical (unpaired) electrons. The van der Waals surface area contributed by atoms with Crippen LogP contribution in [0.2, 0.25) is 0 Å². The van der Waals surface area contributed by atoms with Gasteiger partial charge >= 0.3 is 11.9 Å². The van der Waals surface area contributed by atoms with E-state index >= 15 is 0 Å². The molecule has 1 aromatic rings. The van der Waals surface area contributed by atoms with Gasteiger partial charge in [-0.25, -0.2) is 0 Å². The molecule has 1 rings (SSSR count). The number of aromatic hydroxyl groups is 2. The number of benzene rings is 1. The fourth-order valence-corrected chi connectivity index (χ4v) is 1.04. The summed E-state index contributed by atoms with van der Waals surface area (Å²) in [6, 6.07) is 2.36. The molecule has 2 unspecified atom stereocenters. The minimum atomic E-state index is -1.10. The predicted octanol–water partition coefficient (Wildman–Crippen LogP) is -0.530. The summed E-state index contributed by atoms with van der Waals surface area (Å²) in [7, 11) is 0. The summed E-state index contributed by atoms with van der Waals surface area (Å²) in [5.41, 5.74) is 10.7. The summed E-state index contributed by atoms with van der Waals surface area (Å²) < 4.78 is 0. The zero-order chi connectivity index (χ0) is 15.9. The van der Waals surface area contributed by atoms with Crippen molar-refractivity contribution in [1.29, 1.82) is 0 Å². The first-order valence-corrected chi connectivity index (χ1v) is 5.62. The van der Waals surface area contributed by atoms with Crippen LogP contribution in [0.4, 0.5) is 0 Å². The van der Waals surface area contributed by atoms with Crippen molar-refractivity contribution in [3.8, 4) is 11.5 Å². The molecular formula is C12H18N2O6. The number of phenolic OH excluding ortho intramolecular Hbond substituents is 2. The molecule has 1 aromatic carbocycles. The topological polar surface area (TPSA) is 167 Å². The Morgan fingerprint density at radius 3 is 1.95 bits per heavy atom. The van der Waals surface area contributed by atoms with Crippen LogP contribution in [-0.4, -0.2) is 44.4 Å². The van der Waals surface area contributed by atoms with Gasteiger partial charge in [-0.3, -0.25) is 9.59 Å². The van der Waals surface area contributed by atoms with Crippen LogP contribution in [0.1, 0.15) is 12.5 Å². The fraction of sp³-hybridized carbons (Fsp3) is 0.333. The van der Waals surface area contributed by atoms with Crippen molar-refractivity contribution in [2.24, 2.45) is 11.5 Å². The molecular weight excluding hydrogens is 268 g/mol. The van der Waals surface area contributed by atoms with Crippen molar-refractivity contribution >= 4 is 11.9 Å². The van der Waals surface area contributed by atoms with Crippen LogP contribution >= 0.6 is 0 Å². The summed E-state index contributed by atoms with van der Waals surface area (Å²) in [5, 5.41) is 34.5. The molecule has 112 valence electrons. The number of hydrogen-bond acceptors (Lipinski definition) is 6. The van der Waals surface area contributed by atoms with E-state index in [4.69, 9.17) is 31.9 Å². The van der Waals surface area contributed by atoms with E-state index in [0.717, 1.165) is 0 Å². The molecule has 20 heavy (non-hydrogen) atoms. The maximum absolute atomic E-state index is 10.4. The van der Waals surface area contributed by atoms with Crippen LogP contribution in [-0.2, 0) is 16.0 Å². The Hall–Kier alpha value is -2.32. The lowest BCUT2D eigenvalue weighted by molar-refractivity contribution is -0.139. The zero-order valence-electron chi connectivity index (χ0n) is 10.9. The predicted molar refractivity (Wildman–Crippen MR) is 70.4 cm³/mol. The van der Waals surface area contributed by atoms with Crippen molar-refractivity contribution < 1.29 is 30.0 Å². The number of nitrogens with two attached hydrogens (primary N) is 2. The third-order valence-electron chi connectivity index (χ3n) is 2.20. The van der Waals surface area contributed by atoms with Crippen molar-refractivity contribution in [1.82, 2.24) is 0 Å². The number of rotatable bonds is 4. The fourth-order valence-electron chi connectivity index (χ4n) is 1.04. The highest BCUT2D eigenvalue weighted by Gasteiger charge is 2.12. The van der Waals surface area contributed by atoms with Gasteiger partial charge in [0, 0.05) is 0 Å². The van der Waals surface area contributed by atoms with Gasteiger partial charge in [0.2, 0.25) is 0 Å². The maximum Gasteiger partial charge on any atom is 0.320 e. The highest BCUT2D eigenvalue weighted by Crippen LogP contribution is 2.25. The van der Waals surface area contributed by atoms with E-state index in [9.17, 15) is 9.59 Å². The van der Waals surface area contributed by atoms with Crippen molar-refractivity contribution in [2.75, 3.05) is 0 Å². The van der Waals surface area contributed by atoms with Crippen LogP contribution in [0.3, 0.4) is 0 Å². The largest absolute Gasteiger partial charge is 0.504 e. The monoisotopic (exact) mass is 286 g/mol. The van der Waals surface area contributed by atoms with Crippen LogP contribution in [0.15, 0.2) is 18.2 Å². The van der Waals surface area contributed by atoms with Crippen LogP contribution in [0.5, 0.6) is 11.5 Å². The minimum absolute atomic E-state index is 0.114. The lowest BCUT2D eigenvalue weighted by Crippen LogP contribution is -2.32. The van der Waals surface area contributed by atoms with Crippen molar-refractivity contribution in [2.45, 2.75) is 25.4 Å². The van der Waals surface area contributed by atoms with E-state index in [0.29, 0.717) is 5.56 Å². The quantitative estimate of drug-likeness (QED) is 0.401. The molecule has 0 saturated carbocycles. The molecule has 0 aliphatic rings. The van der Waals surface area contributed by atoms with E-state index in [1.165, 1.54) is 25.1 Å². The van der Waals surface area contributed by atoms with Gasteiger partial charge in [0.1, 0.15) is 12.1 Å². The number of phenols is 2. The van der Waals surface area contributed by atoms with Gasteiger partial charge in [0.25, 0.3) is 0 Å². The van der Waals surface area contributed by atoms with Gasteiger partial charge in [-0.05, 0) is 31.0 Å². The highest BCUT2D eigenvalue weighted by molar-refractivity contribution is 5.73. The summed E-state index contributed by atoms with van der Waals surface area (Å²) in [4.78, 5) is 20.0. The van der Waals surface area contributed by atoms with E-state index in [1.54, 1.807) is 0 Å². The number of hydrogen-bond donors (Lipinski definition) is 6. The van der Waals surface area contributed by atoms with Crippen molar-refractivity contribution in [3.05, 3.63) is 23.8 Å². The van der Waals surface area contributed by atoms with E-state index in [1.807, 2.05) is 0 Å². The second-order valence-corrected chi connectivity index (χ2v) is 4.10. The molecule has 0 aliphatic carbocycles. The Morgan fingerprint density at radius 2 is 1.60 bits per heavy atom. The summed E-state index contributed by atoms with van der Waals surface area (Å²) in [6.07, 6.45) is 0.114. The Morgan fingerprint density at radius 1 is 1.10 bits per heavy atom. The number of aliphatic carboxylic acids is 2. The van der Waals surface area contributed by atoms with Gasteiger partial charge in [-0.2, -0.15) is 0 Å². The molecule has 0 saturated heterocycles. The van der Waals surface area contributed by atoms with E-state index < -0.39 is 24.0 Å². The zero-order valence-corrected chi connectivity index (χ0v) is 10.9. The van der Waals surface area contributed by atoms with Gasteiger partial charge in [-0.15, -0.1) is 0 Å². The smallest absolute Gasteiger partial charge is 0.320 e. The van der Waals surface area contributed by atoms with Crippen LogP contribution in [0, 0.1) is 0 Å². The average molecular weight is 286 g/mol. The number of carboxylic acids is 2. The third-order valence-corrected chi connectivity index (χ3v) is 2.20. The molecule has 8 nitrogen and oxygen atoms in total. The second-order valence-electron chi connectivity index (χ2n) is 4.10. The Labute approximate surface area is 115 Å². The first-order chi connectivity index (χ1) is 9.15. The Balaban J connectivity index is 0.000000511. The normalized spacial score (nSPS) is 12.8. The highest BCUT2D eigenvalue weighted by atomic mass is 16.4. The first kappa shape index (κ1) is 17.7. The Kier molecular flexibility index (Phi) is 7.05. The lowest BCUT2D eigenvalue weighted by Gasteiger charge is -2.06. The molecule has 0 bridgehead atoms. The van der Waals surface area contributed by atoms with Crippen LogP contribution in [0.25, 0.3) is 0 Å². The van der Waals surface area contributed by atoms with Crippen molar-refractivity contribution in [3.63, 3.8) is 0 Å². The molecule has 0 amide bonds. The molecule has 0 aromatic heterocycles. The average Bonchev–Trinajstić information content (AvgIpc) is 2.34. The minimum Gasteiger partial charge on any atom is -0.504 e. The molecule has 0 heterocycles. The number of carboxylic acid groups (broad SMARTS) is 2. The molecule has 8 heteroatoms. The van der Waals surface area contributed by atoms with Crippen LogP contribution < -0.4 is 11.5 Å². The van der Waals surface area contributed by atoms with Gasteiger partial charge in [0.15, 0.2) is 11.5 Å². The second kappa shape index (κ2) is 7.97. The lowest BCUT2D eigenvalue weighted by atomic mass is 10.1. The van der Waals surface area contributed by atoms with Gasteiger partial charge in [0.05, 0.1) is 0 Å². The Bertz CT molecular complexity index is 475. The SMILES string of the molecule is CC(N)C(=O)O.NC(Cc1ccc(O)c(O)c1)C(=O)O. The van der Waals surface area contributed by atoms with Gasteiger partial charge < -0.3 is 31.9 Å². The molecule has 0 aliphatic heterocycles.